The summed E-state index contributed by atoms with van der Waals surface area (Å²) in [6.45, 7) is 9.59. The van der Waals surface area contributed by atoms with Gasteiger partial charge in [0.1, 0.15) is 5.75 Å². The first-order chi connectivity index (χ1) is 13.3. The molecule has 1 aromatic carbocycles. The van der Waals surface area contributed by atoms with Gasteiger partial charge in [-0.05, 0) is 60.9 Å². The predicted molar refractivity (Wildman–Crippen MR) is 125 cm³/mol. The van der Waals surface area contributed by atoms with Gasteiger partial charge in [0.25, 0.3) is 5.17 Å². The Labute approximate surface area is 178 Å². The maximum atomic E-state index is 5.91. The predicted octanol–water partition coefficient (Wildman–Crippen LogP) is 7.67. The van der Waals surface area contributed by atoms with Crippen LogP contribution in [0.4, 0.5) is 0 Å². The first-order valence-electron chi connectivity index (χ1n) is 11.4. The first kappa shape index (κ1) is 23.2. The van der Waals surface area contributed by atoms with Crippen molar-refractivity contribution < 1.29 is 4.74 Å². The molecular weight excluding hydrogens is 362 g/mol. The maximum Gasteiger partial charge on any atom is 0.262 e. The highest BCUT2D eigenvalue weighted by atomic mass is 32.1. The van der Waals surface area contributed by atoms with Crippen LogP contribution in [-0.4, -0.2) is 11.2 Å². The van der Waals surface area contributed by atoms with Gasteiger partial charge in [-0.25, -0.2) is 0 Å². The molecule has 0 saturated heterocycles. The van der Waals surface area contributed by atoms with Crippen molar-refractivity contribution in [2.24, 2.45) is 10.8 Å². The lowest BCUT2D eigenvalue weighted by atomic mass is 9.61. The van der Waals surface area contributed by atoms with Crippen molar-refractivity contribution in [3.8, 4) is 5.75 Å². The molecule has 0 spiro atoms. The zero-order valence-electron chi connectivity index (χ0n) is 18.6. The van der Waals surface area contributed by atoms with Crippen LogP contribution in [0.25, 0.3) is 0 Å². The summed E-state index contributed by atoms with van der Waals surface area (Å²) in [6, 6.07) is 10.3. The van der Waals surface area contributed by atoms with Gasteiger partial charge >= 0.3 is 0 Å². The monoisotopic (exact) mass is 403 g/mol. The quantitative estimate of drug-likeness (QED) is 0.320. The maximum absolute atomic E-state index is 5.91. The standard InChI is InChI=1S/C25H41NOS/c1-5-6-7-8-9-13-17-22(25(4)19-14-18-24(2,3)20-25)26-23(28)27-21-15-11-10-12-16-21/h10-12,15-16,22H,5-9,13-14,17-20H2,1-4H3,(H,26,28). The van der Waals surface area contributed by atoms with Crippen molar-refractivity contribution in [3.05, 3.63) is 30.3 Å². The molecule has 2 unspecified atom stereocenters. The van der Waals surface area contributed by atoms with Crippen molar-refractivity contribution in [2.75, 3.05) is 0 Å². The normalized spacial score (nSPS) is 22.4. The molecule has 2 atom stereocenters. The van der Waals surface area contributed by atoms with Crippen LogP contribution in [0.1, 0.15) is 98.3 Å². The summed E-state index contributed by atoms with van der Waals surface area (Å²) < 4.78 is 5.91. The molecule has 0 aromatic heterocycles. The Hall–Kier alpha value is -1.09. The van der Waals surface area contributed by atoms with Crippen molar-refractivity contribution in [1.29, 1.82) is 0 Å². The lowest BCUT2D eigenvalue weighted by Gasteiger charge is -2.47. The molecule has 0 aliphatic heterocycles. The Morgan fingerprint density at radius 2 is 1.71 bits per heavy atom. The summed E-state index contributed by atoms with van der Waals surface area (Å²) in [7, 11) is 0. The lowest BCUT2D eigenvalue weighted by molar-refractivity contribution is 0.0627. The highest BCUT2D eigenvalue weighted by Crippen LogP contribution is 2.48. The number of rotatable bonds is 10. The summed E-state index contributed by atoms with van der Waals surface area (Å²) >= 11 is 5.59. The Bertz CT molecular complexity index is 585. The molecule has 2 rings (SSSR count). The molecule has 0 radical (unpaired) electrons. The number of ether oxygens (including phenoxy) is 1. The number of unbranched alkanes of at least 4 members (excludes halogenated alkanes) is 5. The number of nitrogens with one attached hydrogen (secondary N) is 1. The fraction of sp³-hybridized carbons (Fsp3) is 0.720. The van der Waals surface area contributed by atoms with Crippen LogP contribution in [-0.2, 0) is 0 Å². The second kappa shape index (κ2) is 11.2. The third-order valence-electron chi connectivity index (χ3n) is 6.42. The van der Waals surface area contributed by atoms with E-state index in [1.807, 2.05) is 30.3 Å². The number of hydrogen-bond donors (Lipinski definition) is 1. The van der Waals surface area contributed by atoms with Crippen LogP contribution in [0, 0.1) is 10.8 Å². The van der Waals surface area contributed by atoms with Crippen LogP contribution >= 0.6 is 12.2 Å². The second-order valence-electron chi connectivity index (χ2n) is 9.80. The Morgan fingerprint density at radius 1 is 1.04 bits per heavy atom. The molecule has 0 heterocycles. The van der Waals surface area contributed by atoms with Gasteiger partial charge in [0, 0.05) is 6.04 Å². The third kappa shape index (κ3) is 7.73. The van der Waals surface area contributed by atoms with Gasteiger partial charge in [-0.15, -0.1) is 0 Å². The average Bonchev–Trinajstić information content (AvgIpc) is 2.63. The highest BCUT2D eigenvalue weighted by molar-refractivity contribution is 7.80. The Kier molecular flexibility index (Phi) is 9.27. The molecular formula is C25H41NOS. The van der Waals surface area contributed by atoms with Crippen LogP contribution in [0.3, 0.4) is 0 Å². The second-order valence-corrected chi connectivity index (χ2v) is 10.2. The minimum atomic E-state index is 0.273. The minimum Gasteiger partial charge on any atom is -0.432 e. The van der Waals surface area contributed by atoms with E-state index in [2.05, 4.69) is 33.0 Å². The van der Waals surface area contributed by atoms with E-state index >= 15 is 0 Å². The van der Waals surface area contributed by atoms with E-state index in [-0.39, 0.29) is 5.41 Å². The van der Waals surface area contributed by atoms with Gasteiger partial charge in [-0.1, -0.05) is 90.8 Å². The van der Waals surface area contributed by atoms with Gasteiger partial charge in [-0.3, -0.25) is 0 Å². The smallest absolute Gasteiger partial charge is 0.262 e. The number of hydrogen-bond acceptors (Lipinski definition) is 2. The largest absolute Gasteiger partial charge is 0.432 e. The molecule has 3 heteroatoms. The van der Waals surface area contributed by atoms with E-state index in [9.17, 15) is 0 Å². The number of benzene rings is 1. The zero-order chi connectivity index (χ0) is 20.5. The van der Waals surface area contributed by atoms with Crippen molar-refractivity contribution >= 4 is 17.4 Å². The van der Waals surface area contributed by atoms with Gasteiger partial charge < -0.3 is 10.1 Å². The summed E-state index contributed by atoms with van der Waals surface area (Å²) in [5, 5.41) is 4.14. The fourth-order valence-corrected chi connectivity index (χ4v) is 5.27. The van der Waals surface area contributed by atoms with E-state index in [1.54, 1.807) is 0 Å². The van der Waals surface area contributed by atoms with E-state index in [1.165, 1.54) is 70.6 Å². The molecule has 28 heavy (non-hydrogen) atoms. The molecule has 158 valence electrons. The molecule has 1 N–H and O–H groups in total. The Morgan fingerprint density at radius 3 is 2.39 bits per heavy atom. The molecule has 0 bridgehead atoms. The van der Waals surface area contributed by atoms with Crippen LogP contribution in [0.5, 0.6) is 5.75 Å². The zero-order valence-corrected chi connectivity index (χ0v) is 19.4. The summed E-state index contributed by atoms with van der Waals surface area (Å²) in [5.74, 6) is 0.812. The van der Waals surface area contributed by atoms with Crippen LogP contribution in [0.2, 0.25) is 0 Å². The molecule has 1 fully saturated rings. The van der Waals surface area contributed by atoms with Crippen molar-refractivity contribution in [3.63, 3.8) is 0 Å². The minimum absolute atomic E-state index is 0.273. The number of thiocarbonyl (C=S) groups is 1. The number of para-hydroxylation sites is 1. The molecule has 0 amide bonds. The average molecular weight is 404 g/mol. The lowest BCUT2D eigenvalue weighted by Crippen LogP contribution is -2.50. The van der Waals surface area contributed by atoms with Gasteiger partial charge in [-0.2, -0.15) is 0 Å². The van der Waals surface area contributed by atoms with Crippen molar-refractivity contribution in [2.45, 2.75) is 104 Å². The Balaban J connectivity index is 1.97. The van der Waals surface area contributed by atoms with Crippen LogP contribution < -0.4 is 10.1 Å². The van der Waals surface area contributed by atoms with Gasteiger partial charge in [0.05, 0.1) is 0 Å². The summed E-state index contributed by atoms with van der Waals surface area (Å²) in [4.78, 5) is 0. The van der Waals surface area contributed by atoms with Gasteiger partial charge in [0.15, 0.2) is 0 Å². The summed E-state index contributed by atoms with van der Waals surface area (Å²) in [6.07, 6.45) is 14.3. The van der Waals surface area contributed by atoms with E-state index in [0.29, 0.717) is 16.6 Å². The van der Waals surface area contributed by atoms with Gasteiger partial charge in [0.2, 0.25) is 0 Å². The fourth-order valence-electron chi connectivity index (χ4n) is 5.03. The van der Waals surface area contributed by atoms with Crippen LogP contribution in [0.15, 0.2) is 30.3 Å². The molecule has 1 saturated carbocycles. The molecule has 1 aliphatic carbocycles. The molecule has 2 nitrogen and oxygen atoms in total. The molecule has 1 aliphatic rings. The first-order valence-corrected chi connectivity index (χ1v) is 11.8. The van der Waals surface area contributed by atoms with Crippen molar-refractivity contribution in [1.82, 2.24) is 5.32 Å². The topological polar surface area (TPSA) is 21.3 Å². The highest BCUT2D eigenvalue weighted by Gasteiger charge is 2.42. The van der Waals surface area contributed by atoms with E-state index in [4.69, 9.17) is 17.0 Å². The van der Waals surface area contributed by atoms with E-state index in [0.717, 1.165) is 5.75 Å². The summed E-state index contributed by atoms with van der Waals surface area (Å²) in [5.41, 5.74) is 0.686. The molecule has 1 aromatic rings. The van der Waals surface area contributed by atoms with E-state index < -0.39 is 0 Å². The SMILES string of the molecule is CCCCCCCCC(NC(=S)Oc1ccccc1)C1(C)CCCC(C)(C)C1. The third-order valence-corrected chi connectivity index (χ3v) is 6.62.